The molecule has 0 unspecified atom stereocenters. The molecule has 0 aromatic heterocycles. The largest absolute Gasteiger partial charge is 0.443 e. The molecule has 0 radical (unpaired) electrons. The first-order chi connectivity index (χ1) is 6.44. The van der Waals surface area contributed by atoms with Crippen LogP contribution in [0.25, 0.3) is 0 Å². The second-order valence-electron chi connectivity index (χ2n) is 3.68. The number of carbonyl (C=O) groups is 1. The molecule has 0 heterocycles. The van der Waals surface area contributed by atoms with E-state index in [1.165, 1.54) is 0 Å². The van der Waals surface area contributed by atoms with Gasteiger partial charge >= 0.3 is 6.09 Å². The Morgan fingerprint density at radius 2 is 1.79 bits per heavy atom. The molecule has 84 valence electrons. The van der Waals surface area contributed by atoms with Gasteiger partial charge in [-0.15, -0.1) is 23.2 Å². The molecule has 0 saturated heterocycles. The molecule has 0 aromatic rings. The SMILES string of the molecule is CC(C)(OC(N)=O)C(CCCl)CCCl. The topological polar surface area (TPSA) is 52.3 Å². The minimum absolute atomic E-state index is 0.144. The first-order valence-electron chi connectivity index (χ1n) is 4.54. The van der Waals surface area contributed by atoms with Gasteiger partial charge in [0.1, 0.15) is 5.60 Å². The van der Waals surface area contributed by atoms with Crippen molar-refractivity contribution in [3.05, 3.63) is 0 Å². The van der Waals surface area contributed by atoms with Crippen molar-refractivity contribution >= 4 is 29.3 Å². The number of rotatable bonds is 6. The summed E-state index contributed by atoms with van der Waals surface area (Å²) in [7, 11) is 0. The first-order valence-corrected chi connectivity index (χ1v) is 5.61. The van der Waals surface area contributed by atoms with Crippen LogP contribution in [0.4, 0.5) is 4.79 Å². The van der Waals surface area contributed by atoms with Crippen LogP contribution in [0, 0.1) is 5.92 Å². The van der Waals surface area contributed by atoms with Crippen LogP contribution in [0.5, 0.6) is 0 Å². The molecular formula is C9H17Cl2NO2. The number of amides is 1. The Morgan fingerprint density at radius 1 is 1.36 bits per heavy atom. The molecule has 0 saturated carbocycles. The standard InChI is InChI=1S/C9H17Cl2NO2/c1-9(2,14-8(12)13)7(3-5-10)4-6-11/h7H,3-6H2,1-2H3,(H2,12,13). The normalized spacial score (nSPS) is 11.8. The smallest absolute Gasteiger partial charge is 0.405 e. The number of nitrogens with two attached hydrogens (primary N) is 1. The van der Waals surface area contributed by atoms with E-state index in [1.807, 2.05) is 13.8 Å². The lowest BCUT2D eigenvalue weighted by atomic mass is 9.86. The molecule has 0 atom stereocenters. The van der Waals surface area contributed by atoms with E-state index in [-0.39, 0.29) is 5.92 Å². The molecule has 1 amide bonds. The summed E-state index contributed by atoms with van der Waals surface area (Å²) in [5.74, 6) is 1.19. The average Bonchev–Trinajstić information content (AvgIpc) is 2.01. The van der Waals surface area contributed by atoms with Crippen molar-refractivity contribution in [1.82, 2.24) is 0 Å². The summed E-state index contributed by atoms with van der Waals surface area (Å²) in [6.07, 6.45) is 0.757. The second-order valence-corrected chi connectivity index (χ2v) is 4.43. The number of alkyl halides is 2. The fraction of sp³-hybridized carbons (Fsp3) is 0.889. The van der Waals surface area contributed by atoms with Gasteiger partial charge in [-0.1, -0.05) is 0 Å². The van der Waals surface area contributed by atoms with Gasteiger partial charge in [-0.2, -0.15) is 0 Å². The number of primary amides is 1. The van der Waals surface area contributed by atoms with E-state index >= 15 is 0 Å². The number of hydrogen-bond acceptors (Lipinski definition) is 2. The highest BCUT2D eigenvalue weighted by atomic mass is 35.5. The molecule has 5 heteroatoms. The summed E-state index contributed by atoms with van der Waals surface area (Å²) in [6, 6.07) is 0. The van der Waals surface area contributed by atoms with Crippen molar-refractivity contribution in [2.75, 3.05) is 11.8 Å². The average molecular weight is 242 g/mol. The summed E-state index contributed by atoms with van der Waals surface area (Å²) in [4.78, 5) is 10.7. The summed E-state index contributed by atoms with van der Waals surface area (Å²) in [6.45, 7) is 3.64. The Hall–Kier alpha value is -0.150. The Bertz CT molecular complexity index is 180. The van der Waals surface area contributed by atoms with Crippen molar-refractivity contribution < 1.29 is 9.53 Å². The van der Waals surface area contributed by atoms with E-state index in [2.05, 4.69) is 0 Å². The van der Waals surface area contributed by atoms with E-state index in [1.54, 1.807) is 0 Å². The molecule has 0 bridgehead atoms. The van der Waals surface area contributed by atoms with Crippen molar-refractivity contribution in [3.63, 3.8) is 0 Å². The lowest BCUT2D eigenvalue weighted by molar-refractivity contribution is -0.00350. The molecule has 3 nitrogen and oxygen atoms in total. The van der Waals surface area contributed by atoms with Gasteiger partial charge in [0.05, 0.1) is 0 Å². The molecule has 0 aliphatic rings. The number of halogens is 2. The molecule has 0 fully saturated rings. The van der Waals surface area contributed by atoms with Crippen molar-refractivity contribution in [2.24, 2.45) is 11.7 Å². The van der Waals surface area contributed by atoms with E-state index in [4.69, 9.17) is 33.7 Å². The molecular weight excluding hydrogens is 225 g/mol. The Kier molecular flexibility index (Phi) is 6.29. The van der Waals surface area contributed by atoms with Crippen LogP contribution in [-0.2, 0) is 4.74 Å². The Labute approximate surface area is 94.9 Å². The lowest BCUT2D eigenvalue weighted by Crippen LogP contribution is -2.39. The van der Waals surface area contributed by atoms with Crippen LogP contribution in [0.1, 0.15) is 26.7 Å². The second kappa shape index (κ2) is 6.36. The van der Waals surface area contributed by atoms with Crippen molar-refractivity contribution in [3.8, 4) is 0 Å². The third-order valence-corrected chi connectivity index (χ3v) is 2.70. The van der Waals surface area contributed by atoms with Crippen LogP contribution in [-0.4, -0.2) is 23.5 Å². The van der Waals surface area contributed by atoms with Gasteiger partial charge in [0.25, 0.3) is 0 Å². The summed E-state index contributed by atoms with van der Waals surface area (Å²) in [5.41, 5.74) is 4.38. The van der Waals surface area contributed by atoms with Crippen LogP contribution in [0.2, 0.25) is 0 Å². The fourth-order valence-corrected chi connectivity index (χ4v) is 1.97. The number of ether oxygens (including phenoxy) is 1. The third kappa shape index (κ3) is 4.91. The molecule has 2 N–H and O–H groups in total. The quantitative estimate of drug-likeness (QED) is 0.728. The van der Waals surface area contributed by atoms with Crippen molar-refractivity contribution in [1.29, 1.82) is 0 Å². The Balaban J connectivity index is 4.35. The molecule has 0 spiro atoms. The van der Waals surface area contributed by atoms with Gasteiger partial charge in [0.15, 0.2) is 0 Å². The number of carbonyl (C=O) groups excluding carboxylic acids is 1. The van der Waals surface area contributed by atoms with Gasteiger partial charge in [0, 0.05) is 17.7 Å². The van der Waals surface area contributed by atoms with Gasteiger partial charge < -0.3 is 10.5 Å². The highest BCUT2D eigenvalue weighted by Crippen LogP contribution is 2.28. The molecule has 0 aliphatic heterocycles. The lowest BCUT2D eigenvalue weighted by Gasteiger charge is -2.32. The van der Waals surface area contributed by atoms with Gasteiger partial charge in [-0.3, -0.25) is 0 Å². The molecule has 14 heavy (non-hydrogen) atoms. The summed E-state index contributed by atoms with van der Waals surface area (Å²) >= 11 is 11.3. The third-order valence-electron chi connectivity index (χ3n) is 2.26. The maximum absolute atomic E-state index is 10.7. The minimum atomic E-state index is -0.760. The minimum Gasteiger partial charge on any atom is -0.443 e. The molecule has 0 rings (SSSR count). The predicted molar refractivity (Wildman–Crippen MR) is 58.9 cm³/mol. The van der Waals surface area contributed by atoms with Crippen LogP contribution < -0.4 is 5.73 Å². The predicted octanol–water partition coefficient (Wildman–Crippen LogP) is 2.73. The maximum atomic E-state index is 10.7. The van der Waals surface area contributed by atoms with E-state index in [0.29, 0.717) is 11.8 Å². The molecule has 0 aromatic carbocycles. The van der Waals surface area contributed by atoms with Crippen molar-refractivity contribution in [2.45, 2.75) is 32.3 Å². The van der Waals surface area contributed by atoms with Crippen LogP contribution in [0.15, 0.2) is 0 Å². The van der Waals surface area contributed by atoms with E-state index in [0.717, 1.165) is 12.8 Å². The van der Waals surface area contributed by atoms with Crippen LogP contribution >= 0.6 is 23.2 Å². The number of hydrogen-bond donors (Lipinski definition) is 1. The summed E-state index contributed by atoms with van der Waals surface area (Å²) in [5, 5.41) is 0. The molecule has 0 aliphatic carbocycles. The first kappa shape index (κ1) is 13.8. The maximum Gasteiger partial charge on any atom is 0.405 e. The monoisotopic (exact) mass is 241 g/mol. The highest BCUT2D eigenvalue weighted by Gasteiger charge is 2.31. The zero-order valence-electron chi connectivity index (χ0n) is 8.56. The van der Waals surface area contributed by atoms with E-state index in [9.17, 15) is 4.79 Å². The van der Waals surface area contributed by atoms with Gasteiger partial charge in [0.2, 0.25) is 0 Å². The van der Waals surface area contributed by atoms with E-state index < -0.39 is 11.7 Å². The van der Waals surface area contributed by atoms with Gasteiger partial charge in [-0.25, -0.2) is 4.79 Å². The fourth-order valence-electron chi connectivity index (χ4n) is 1.45. The summed E-state index contributed by atoms with van der Waals surface area (Å²) < 4.78 is 5.03. The zero-order chi connectivity index (χ0) is 11.2. The highest BCUT2D eigenvalue weighted by molar-refractivity contribution is 6.18. The Morgan fingerprint density at radius 3 is 2.07 bits per heavy atom. The van der Waals surface area contributed by atoms with Crippen LogP contribution in [0.3, 0.4) is 0 Å². The zero-order valence-corrected chi connectivity index (χ0v) is 10.1. The van der Waals surface area contributed by atoms with Gasteiger partial charge in [-0.05, 0) is 26.7 Å².